The molecule has 1 N–H and O–H groups in total. The van der Waals surface area contributed by atoms with Crippen molar-refractivity contribution >= 4 is 44.8 Å². The summed E-state index contributed by atoms with van der Waals surface area (Å²) < 4.78 is 31.2. The molecule has 0 unspecified atom stereocenters. The maximum Gasteiger partial charge on any atom is 0.275 e. The third-order valence-electron chi connectivity index (χ3n) is 3.92. The molecule has 0 fully saturated rings. The molecule has 1 aliphatic rings. The van der Waals surface area contributed by atoms with Crippen LogP contribution >= 0.6 is 11.8 Å². The van der Waals surface area contributed by atoms with E-state index < -0.39 is 15.6 Å². The number of carbonyl (C=O) groups excluding carboxylic acids is 1. The second-order valence-electron chi connectivity index (χ2n) is 6.51. The second kappa shape index (κ2) is 6.51. The summed E-state index contributed by atoms with van der Waals surface area (Å²) >= 11 is 1.62. The van der Waals surface area contributed by atoms with Gasteiger partial charge >= 0.3 is 0 Å². The van der Waals surface area contributed by atoms with Crippen molar-refractivity contribution in [3.8, 4) is 5.75 Å². The number of amides is 1. The van der Waals surface area contributed by atoms with Crippen molar-refractivity contribution < 1.29 is 17.9 Å². The predicted octanol–water partition coefficient (Wildman–Crippen LogP) is 3.62. The zero-order chi connectivity index (χ0) is 19.1. The molecule has 2 aromatic rings. The number of fused-ring (bicyclic) bond motifs is 1. The van der Waals surface area contributed by atoms with Crippen molar-refractivity contribution in [2.75, 3.05) is 22.1 Å². The van der Waals surface area contributed by atoms with Crippen LogP contribution in [0, 0.1) is 0 Å². The molecular weight excluding hydrogens is 372 g/mol. The number of ether oxygens (including phenoxy) is 1. The van der Waals surface area contributed by atoms with E-state index in [1.165, 1.54) is 0 Å². The van der Waals surface area contributed by atoms with Gasteiger partial charge in [-0.1, -0.05) is 0 Å². The third kappa shape index (κ3) is 3.66. The lowest BCUT2D eigenvalue weighted by Gasteiger charge is -2.39. The number of rotatable bonds is 4. The molecule has 0 saturated heterocycles. The second-order valence-corrected chi connectivity index (χ2v) is 9.14. The van der Waals surface area contributed by atoms with Crippen LogP contribution < -0.4 is 14.4 Å². The third-order valence-corrected chi connectivity index (χ3v) is 5.27. The summed E-state index contributed by atoms with van der Waals surface area (Å²) in [6.07, 6.45) is 3.07. The molecule has 1 heterocycles. The lowest BCUT2D eigenvalue weighted by Crippen LogP contribution is -2.50. The van der Waals surface area contributed by atoms with Crippen LogP contribution in [0.1, 0.15) is 13.8 Å². The van der Waals surface area contributed by atoms with E-state index in [4.69, 9.17) is 4.74 Å². The topological polar surface area (TPSA) is 75.7 Å². The van der Waals surface area contributed by atoms with Crippen molar-refractivity contribution in [3.05, 3.63) is 42.5 Å². The highest BCUT2D eigenvalue weighted by atomic mass is 32.2. The first-order valence-electron chi connectivity index (χ1n) is 7.90. The van der Waals surface area contributed by atoms with Gasteiger partial charge in [0.1, 0.15) is 5.75 Å². The highest BCUT2D eigenvalue weighted by Gasteiger charge is 2.41. The van der Waals surface area contributed by atoms with E-state index in [1.807, 2.05) is 30.5 Å². The first-order chi connectivity index (χ1) is 12.1. The van der Waals surface area contributed by atoms with E-state index >= 15 is 0 Å². The average Bonchev–Trinajstić information content (AvgIpc) is 2.55. The quantitative estimate of drug-likeness (QED) is 0.805. The van der Waals surface area contributed by atoms with E-state index in [9.17, 15) is 13.2 Å². The SMILES string of the molecule is CSc1ccc(N2C(=O)C(C)(C)Oc3cc(NS(C)(=O)=O)ccc32)cc1. The number of sulfonamides is 1. The first-order valence-corrected chi connectivity index (χ1v) is 11.0. The van der Waals surface area contributed by atoms with E-state index in [0.717, 1.165) is 16.8 Å². The van der Waals surface area contributed by atoms with E-state index in [1.54, 1.807) is 48.7 Å². The van der Waals surface area contributed by atoms with Crippen LogP contribution in [0.15, 0.2) is 47.4 Å². The van der Waals surface area contributed by atoms with Gasteiger partial charge in [0.15, 0.2) is 5.60 Å². The minimum atomic E-state index is -3.41. The number of hydrogen-bond donors (Lipinski definition) is 1. The van der Waals surface area contributed by atoms with Crippen LogP contribution in [-0.2, 0) is 14.8 Å². The Kier molecular flexibility index (Phi) is 4.66. The van der Waals surface area contributed by atoms with Crippen molar-refractivity contribution in [1.82, 2.24) is 0 Å². The van der Waals surface area contributed by atoms with E-state index in [2.05, 4.69) is 4.72 Å². The van der Waals surface area contributed by atoms with Crippen LogP contribution in [0.5, 0.6) is 5.75 Å². The molecule has 1 amide bonds. The molecule has 1 aliphatic heterocycles. The lowest BCUT2D eigenvalue weighted by atomic mass is 10.0. The molecule has 0 radical (unpaired) electrons. The van der Waals surface area contributed by atoms with Gasteiger partial charge in [0, 0.05) is 16.6 Å². The molecule has 26 heavy (non-hydrogen) atoms. The van der Waals surface area contributed by atoms with Crippen LogP contribution in [0.25, 0.3) is 0 Å². The maximum absolute atomic E-state index is 13.0. The summed E-state index contributed by atoms with van der Waals surface area (Å²) in [5.41, 5.74) is 0.614. The van der Waals surface area contributed by atoms with E-state index in [-0.39, 0.29) is 5.91 Å². The molecule has 0 saturated carbocycles. The highest BCUT2D eigenvalue weighted by Crippen LogP contribution is 2.43. The molecule has 8 heteroatoms. The molecule has 0 aliphatic carbocycles. The van der Waals surface area contributed by atoms with Gasteiger partial charge in [-0.25, -0.2) is 8.42 Å². The number of carbonyl (C=O) groups is 1. The van der Waals surface area contributed by atoms with Crippen molar-refractivity contribution in [2.45, 2.75) is 24.3 Å². The van der Waals surface area contributed by atoms with Gasteiger partial charge in [0.25, 0.3) is 5.91 Å². The Bertz CT molecular complexity index is 954. The summed E-state index contributed by atoms with van der Waals surface area (Å²) in [6.45, 7) is 3.39. The van der Waals surface area contributed by atoms with Crippen molar-refractivity contribution in [1.29, 1.82) is 0 Å². The van der Waals surface area contributed by atoms with Gasteiger partial charge < -0.3 is 4.74 Å². The number of thioether (sulfide) groups is 1. The summed E-state index contributed by atoms with van der Waals surface area (Å²) in [4.78, 5) is 15.7. The van der Waals surface area contributed by atoms with Crippen molar-refractivity contribution in [2.24, 2.45) is 0 Å². The normalized spacial score (nSPS) is 16.0. The Morgan fingerprint density at radius 1 is 1.12 bits per heavy atom. The predicted molar refractivity (Wildman–Crippen MR) is 105 cm³/mol. The summed E-state index contributed by atoms with van der Waals surface area (Å²) in [5.74, 6) is 0.253. The molecular formula is C18H20N2O4S2. The number of anilines is 3. The number of benzene rings is 2. The van der Waals surface area contributed by atoms with Crippen LogP contribution in [-0.4, -0.2) is 32.4 Å². The Morgan fingerprint density at radius 2 is 1.77 bits per heavy atom. The molecule has 0 aromatic heterocycles. The van der Waals surface area contributed by atoms with Crippen LogP contribution in [0.4, 0.5) is 17.1 Å². The summed E-state index contributed by atoms with van der Waals surface area (Å²) in [6, 6.07) is 12.6. The molecule has 0 spiro atoms. The molecule has 2 aromatic carbocycles. The minimum absolute atomic E-state index is 0.189. The highest BCUT2D eigenvalue weighted by molar-refractivity contribution is 7.98. The Morgan fingerprint density at radius 3 is 2.35 bits per heavy atom. The van der Waals surface area contributed by atoms with Gasteiger partial charge in [-0.2, -0.15) is 0 Å². The number of hydrogen-bond acceptors (Lipinski definition) is 5. The lowest BCUT2D eigenvalue weighted by molar-refractivity contribution is -0.131. The monoisotopic (exact) mass is 392 g/mol. The van der Waals surface area contributed by atoms with Gasteiger partial charge in [0.2, 0.25) is 10.0 Å². The molecule has 3 rings (SSSR count). The minimum Gasteiger partial charge on any atom is -0.476 e. The molecule has 0 bridgehead atoms. The van der Waals surface area contributed by atoms with Crippen molar-refractivity contribution in [3.63, 3.8) is 0 Å². The summed E-state index contributed by atoms with van der Waals surface area (Å²) in [5, 5.41) is 0. The van der Waals surface area contributed by atoms with Gasteiger partial charge in [0.05, 0.1) is 17.6 Å². The van der Waals surface area contributed by atoms with Crippen LogP contribution in [0.3, 0.4) is 0 Å². The molecule has 6 nitrogen and oxygen atoms in total. The Labute approximate surface area is 157 Å². The fourth-order valence-corrected chi connectivity index (χ4v) is 3.71. The zero-order valence-electron chi connectivity index (χ0n) is 14.9. The maximum atomic E-state index is 13.0. The first kappa shape index (κ1) is 18.6. The largest absolute Gasteiger partial charge is 0.476 e. The average molecular weight is 393 g/mol. The zero-order valence-corrected chi connectivity index (χ0v) is 16.6. The summed E-state index contributed by atoms with van der Waals surface area (Å²) in [7, 11) is -3.41. The van der Waals surface area contributed by atoms with Crippen LogP contribution in [0.2, 0.25) is 0 Å². The van der Waals surface area contributed by atoms with Gasteiger partial charge in [-0.15, -0.1) is 11.8 Å². The van der Waals surface area contributed by atoms with Gasteiger partial charge in [-0.05, 0) is 56.5 Å². The molecule has 138 valence electrons. The smallest absolute Gasteiger partial charge is 0.275 e. The standard InChI is InChI=1S/C18H20N2O4S2/c1-18(2)17(21)20(13-6-8-14(25-3)9-7-13)15-10-5-12(11-16(15)24-18)19-26(4,22)23/h5-11,19H,1-4H3. The Balaban J connectivity index is 2.09. The fraction of sp³-hybridized carbons (Fsp3) is 0.278. The molecule has 0 atom stereocenters. The van der Waals surface area contributed by atoms with Gasteiger partial charge in [-0.3, -0.25) is 14.4 Å². The number of nitrogens with zero attached hydrogens (tertiary/aromatic N) is 1. The Hall–Kier alpha value is -2.19. The fourth-order valence-electron chi connectivity index (χ4n) is 2.74. The number of nitrogens with one attached hydrogen (secondary N) is 1. The van der Waals surface area contributed by atoms with E-state index in [0.29, 0.717) is 17.1 Å².